The number of hydrogen-bond acceptors (Lipinski definition) is 7. The molecule has 164 valence electrons. The monoisotopic (exact) mass is 445 g/mol. The summed E-state index contributed by atoms with van der Waals surface area (Å²) in [5.41, 5.74) is 2.48. The molecule has 8 heteroatoms. The molecule has 7 nitrogen and oxygen atoms in total. The fourth-order valence-electron chi connectivity index (χ4n) is 5.16. The Morgan fingerprint density at radius 1 is 1.12 bits per heavy atom. The SMILES string of the molecule is CCn1cnnc1C1CCN(c2nc(-c3cccnc3)nc3sc4c(c23)CCCC4)CC1. The fourth-order valence-corrected chi connectivity index (χ4v) is 6.42. The Morgan fingerprint density at radius 3 is 2.81 bits per heavy atom. The van der Waals surface area contributed by atoms with Crippen molar-refractivity contribution in [1.82, 2.24) is 29.7 Å². The molecule has 1 aliphatic heterocycles. The highest BCUT2D eigenvalue weighted by molar-refractivity contribution is 7.19. The van der Waals surface area contributed by atoms with E-state index in [2.05, 4.69) is 37.6 Å². The molecule has 4 aromatic heterocycles. The lowest BCUT2D eigenvalue weighted by Crippen LogP contribution is -2.34. The Labute approximate surface area is 191 Å². The van der Waals surface area contributed by atoms with E-state index >= 15 is 0 Å². The first kappa shape index (κ1) is 19.8. The fraction of sp³-hybridized carbons (Fsp3) is 0.458. The van der Waals surface area contributed by atoms with Crippen LogP contribution >= 0.6 is 11.3 Å². The largest absolute Gasteiger partial charge is 0.356 e. The van der Waals surface area contributed by atoms with E-state index in [1.807, 2.05) is 29.9 Å². The number of piperidine rings is 1. The van der Waals surface area contributed by atoms with Crippen molar-refractivity contribution < 1.29 is 0 Å². The van der Waals surface area contributed by atoms with Crippen LogP contribution in [0.2, 0.25) is 0 Å². The van der Waals surface area contributed by atoms with Crippen molar-refractivity contribution in [3.63, 3.8) is 0 Å². The van der Waals surface area contributed by atoms with Gasteiger partial charge in [0.05, 0.1) is 5.39 Å². The smallest absolute Gasteiger partial charge is 0.164 e. The Bertz CT molecular complexity index is 1240. The van der Waals surface area contributed by atoms with Gasteiger partial charge in [0.1, 0.15) is 22.8 Å². The Balaban J connectivity index is 1.39. The summed E-state index contributed by atoms with van der Waals surface area (Å²) in [4.78, 5) is 19.6. The maximum atomic E-state index is 5.14. The second-order valence-corrected chi connectivity index (χ2v) is 9.82. The number of pyridine rings is 1. The van der Waals surface area contributed by atoms with Crippen molar-refractivity contribution in [3.8, 4) is 11.4 Å². The molecule has 4 aromatic rings. The molecule has 0 atom stereocenters. The molecule has 0 aromatic carbocycles. The lowest BCUT2D eigenvalue weighted by Gasteiger charge is -2.33. The predicted molar refractivity (Wildman–Crippen MR) is 127 cm³/mol. The maximum Gasteiger partial charge on any atom is 0.164 e. The molecule has 32 heavy (non-hydrogen) atoms. The van der Waals surface area contributed by atoms with Gasteiger partial charge >= 0.3 is 0 Å². The molecule has 0 N–H and O–H groups in total. The van der Waals surface area contributed by atoms with E-state index in [1.54, 1.807) is 6.20 Å². The van der Waals surface area contributed by atoms with Crippen molar-refractivity contribution in [1.29, 1.82) is 0 Å². The van der Waals surface area contributed by atoms with Crippen molar-refractivity contribution in [2.75, 3.05) is 18.0 Å². The zero-order valence-electron chi connectivity index (χ0n) is 18.4. The molecule has 0 amide bonds. The number of aromatic nitrogens is 6. The summed E-state index contributed by atoms with van der Waals surface area (Å²) in [5, 5.41) is 9.87. The average molecular weight is 446 g/mol. The van der Waals surface area contributed by atoms with Crippen LogP contribution in [0, 0.1) is 0 Å². The molecule has 0 spiro atoms. The molecular weight excluding hydrogens is 418 g/mol. The zero-order valence-corrected chi connectivity index (χ0v) is 19.2. The van der Waals surface area contributed by atoms with E-state index in [0.29, 0.717) is 5.92 Å². The third-order valence-corrected chi connectivity index (χ3v) is 8.05. The van der Waals surface area contributed by atoms with Crippen LogP contribution in [0.5, 0.6) is 0 Å². The molecule has 6 rings (SSSR count). The van der Waals surface area contributed by atoms with Gasteiger partial charge in [0, 0.05) is 48.4 Å². The number of hydrogen-bond donors (Lipinski definition) is 0. The highest BCUT2D eigenvalue weighted by atomic mass is 32.1. The molecule has 0 unspecified atom stereocenters. The molecule has 5 heterocycles. The summed E-state index contributed by atoms with van der Waals surface area (Å²) in [6.07, 6.45) is 12.5. The van der Waals surface area contributed by atoms with Gasteiger partial charge in [0.15, 0.2) is 5.82 Å². The molecule has 1 aliphatic carbocycles. The van der Waals surface area contributed by atoms with Crippen molar-refractivity contribution in [3.05, 3.63) is 47.1 Å². The van der Waals surface area contributed by atoms with Crippen molar-refractivity contribution >= 4 is 27.4 Å². The Morgan fingerprint density at radius 2 is 2.00 bits per heavy atom. The molecule has 0 radical (unpaired) electrons. The summed E-state index contributed by atoms with van der Waals surface area (Å²) in [6.45, 7) is 5.03. The first-order valence-electron chi connectivity index (χ1n) is 11.7. The van der Waals surface area contributed by atoms with Crippen LogP contribution in [-0.4, -0.2) is 42.8 Å². The molecule has 0 bridgehead atoms. The van der Waals surface area contributed by atoms with Crippen LogP contribution < -0.4 is 4.90 Å². The van der Waals surface area contributed by atoms with Crippen LogP contribution in [0.1, 0.15) is 54.8 Å². The van der Waals surface area contributed by atoms with Crippen LogP contribution in [0.15, 0.2) is 30.9 Å². The second-order valence-electron chi connectivity index (χ2n) is 8.74. The van der Waals surface area contributed by atoms with Crippen LogP contribution in [0.3, 0.4) is 0 Å². The first-order valence-corrected chi connectivity index (χ1v) is 12.5. The summed E-state index contributed by atoms with van der Waals surface area (Å²) in [5.74, 6) is 3.49. The molecular formula is C24H27N7S. The van der Waals surface area contributed by atoms with Gasteiger partial charge in [-0.3, -0.25) is 4.98 Å². The topological polar surface area (TPSA) is 72.6 Å². The highest BCUT2D eigenvalue weighted by Crippen LogP contribution is 2.42. The number of rotatable bonds is 4. The quantitative estimate of drug-likeness (QED) is 0.456. The minimum Gasteiger partial charge on any atom is -0.356 e. The Hall–Kier alpha value is -2.87. The standard InChI is InChI=1S/C24H27N7S/c1-2-30-15-26-29-22(30)16-9-12-31(13-10-16)23-20-18-7-3-4-8-19(18)32-24(20)28-21(27-23)17-6-5-11-25-14-17/h5-6,11,14-16H,2-4,7-10,12-13H2,1H3. The summed E-state index contributed by atoms with van der Waals surface area (Å²) >= 11 is 1.87. The van der Waals surface area contributed by atoms with E-state index in [0.717, 1.165) is 66.8 Å². The van der Waals surface area contributed by atoms with Crippen molar-refractivity contribution in [2.24, 2.45) is 0 Å². The van der Waals surface area contributed by atoms with Gasteiger partial charge in [0.25, 0.3) is 0 Å². The van der Waals surface area contributed by atoms with E-state index in [4.69, 9.17) is 9.97 Å². The van der Waals surface area contributed by atoms with E-state index < -0.39 is 0 Å². The minimum atomic E-state index is 0.459. The average Bonchev–Trinajstić information content (AvgIpc) is 3.48. The summed E-state index contributed by atoms with van der Waals surface area (Å²) in [6, 6.07) is 4.01. The zero-order chi connectivity index (χ0) is 21.5. The lowest BCUT2D eigenvalue weighted by molar-refractivity contribution is 0.466. The second kappa shape index (κ2) is 8.24. The van der Waals surface area contributed by atoms with Crippen LogP contribution in [0.25, 0.3) is 21.6 Å². The van der Waals surface area contributed by atoms with Gasteiger partial charge in [-0.1, -0.05) is 0 Å². The summed E-state index contributed by atoms with van der Waals surface area (Å²) in [7, 11) is 0. The molecule has 1 saturated heterocycles. The van der Waals surface area contributed by atoms with Crippen LogP contribution in [-0.2, 0) is 19.4 Å². The normalized spacial score (nSPS) is 17.1. The molecule has 2 aliphatic rings. The van der Waals surface area contributed by atoms with Gasteiger partial charge in [-0.2, -0.15) is 0 Å². The summed E-state index contributed by atoms with van der Waals surface area (Å²) < 4.78 is 2.18. The van der Waals surface area contributed by atoms with E-state index in [1.165, 1.54) is 35.1 Å². The van der Waals surface area contributed by atoms with Gasteiger partial charge in [0.2, 0.25) is 0 Å². The third kappa shape index (κ3) is 3.37. The van der Waals surface area contributed by atoms with Gasteiger partial charge in [-0.25, -0.2) is 9.97 Å². The third-order valence-electron chi connectivity index (χ3n) is 6.86. The number of aryl methyl sites for hydroxylation is 3. The van der Waals surface area contributed by atoms with Gasteiger partial charge in [-0.05, 0) is 63.1 Å². The maximum absolute atomic E-state index is 5.14. The number of anilines is 1. The van der Waals surface area contributed by atoms with E-state index in [-0.39, 0.29) is 0 Å². The molecule has 1 fully saturated rings. The Kier molecular flexibility index (Phi) is 5.09. The predicted octanol–water partition coefficient (Wildman–Crippen LogP) is 4.63. The number of nitrogens with zero attached hydrogens (tertiary/aromatic N) is 7. The van der Waals surface area contributed by atoms with Gasteiger partial charge in [-0.15, -0.1) is 21.5 Å². The highest BCUT2D eigenvalue weighted by Gasteiger charge is 2.29. The van der Waals surface area contributed by atoms with Crippen LogP contribution in [0.4, 0.5) is 5.82 Å². The van der Waals surface area contributed by atoms with Crippen molar-refractivity contribution in [2.45, 2.75) is 57.9 Å². The number of fused-ring (bicyclic) bond motifs is 3. The van der Waals surface area contributed by atoms with E-state index in [9.17, 15) is 0 Å². The molecule has 0 saturated carbocycles. The van der Waals surface area contributed by atoms with Gasteiger partial charge < -0.3 is 9.47 Å². The minimum absolute atomic E-state index is 0.459. The first-order chi connectivity index (χ1) is 15.8. The lowest BCUT2D eigenvalue weighted by atomic mass is 9.94. The number of thiophene rings is 1.